The van der Waals surface area contributed by atoms with Crippen molar-refractivity contribution < 1.29 is 13.9 Å². The molecule has 1 unspecified atom stereocenters. The molecule has 0 radical (unpaired) electrons. The van der Waals surface area contributed by atoms with Gasteiger partial charge in [-0.3, -0.25) is 4.79 Å². The predicted molar refractivity (Wildman–Crippen MR) is 77.8 cm³/mol. The maximum absolute atomic E-state index is 13.5. The van der Waals surface area contributed by atoms with Crippen LogP contribution in [0.1, 0.15) is 38.7 Å². The Hall–Kier alpha value is -1.42. The van der Waals surface area contributed by atoms with E-state index in [1.165, 1.54) is 19.2 Å². The summed E-state index contributed by atoms with van der Waals surface area (Å²) < 4.78 is 18.5. The Morgan fingerprint density at radius 3 is 2.50 bits per heavy atom. The molecule has 1 rings (SSSR count). The molecule has 0 saturated heterocycles. The van der Waals surface area contributed by atoms with Crippen LogP contribution in [0.3, 0.4) is 0 Å². The van der Waals surface area contributed by atoms with Crippen LogP contribution in [0.25, 0.3) is 0 Å². The highest BCUT2D eigenvalue weighted by Crippen LogP contribution is 2.34. The Labute approximate surface area is 120 Å². The standard InChI is InChI=1S/C16H24FNO2/c1-4-12(5-2)10-16(11-18,15(19)20-3)13-7-6-8-14(17)9-13/h6-9,12H,4-5,10-11,18H2,1-3H3. The molecule has 3 nitrogen and oxygen atoms in total. The van der Waals surface area contributed by atoms with Crippen LogP contribution in [0.2, 0.25) is 0 Å². The number of hydrogen-bond donors (Lipinski definition) is 1. The van der Waals surface area contributed by atoms with Gasteiger partial charge in [0, 0.05) is 6.54 Å². The van der Waals surface area contributed by atoms with Crippen molar-refractivity contribution >= 4 is 5.97 Å². The lowest BCUT2D eigenvalue weighted by Gasteiger charge is -2.33. The van der Waals surface area contributed by atoms with Crippen molar-refractivity contribution in [1.29, 1.82) is 0 Å². The van der Waals surface area contributed by atoms with Gasteiger partial charge >= 0.3 is 5.97 Å². The molecule has 0 aliphatic carbocycles. The SMILES string of the molecule is CCC(CC)CC(CN)(C(=O)OC)c1cccc(F)c1. The van der Waals surface area contributed by atoms with Crippen LogP contribution in [-0.4, -0.2) is 19.6 Å². The quantitative estimate of drug-likeness (QED) is 0.782. The first-order valence-corrected chi connectivity index (χ1v) is 7.08. The van der Waals surface area contributed by atoms with Gasteiger partial charge in [0.1, 0.15) is 11.2 Å². The van der Waals surface area contributed by atoms with Crippen molar-refractivity contribution in [2.45, 2.75) is 38.5 Å². The predicted octanol–water partition coefficient (Wildman–Crippen LogP) is 3.02. The molecule has 20 heavy (non-hydrogen) atoms. The van der Waals surface area contributed by atoms with E-state index >= 15 is 0 Å². The summed E-state index contributed by atoms with van der Waals surface area (Å²) in [5.74, 6) is -0.410. The van der Waals surface area contributed by atoms with Crippen LogP contribution in [0.5, 0.6) is 0 Å². The van der Waals surface area contributed by atoms with Gasteiger partial charge < -0.3 is 10.5 Å². The van der Waals surface area contributed by atoms with Gasteiger partial charge in [-0.25, -0.2) is 4.39 Å². The zero-order valence-electron chi connectivity index (χ0n) is 12.5. The van der Waals surface area contributed by atoms with E-state index in [2.05, 4.69) is 13.8 Å². The molecule has 0 bridgehead atoms. The van der Waals surface area contributed by atoms with E-state index in [4.69, 9.17) is 10.5 Å². The van der Waals surface area contributed by atoms with E-state index in [0.717, 1.165) is 12.8 Å². The molecule has 0 heterocycles. The molecule has 0 aromatic heterocycles. The van der Waals surface area contributed by atoms with Crippen molar-refractivity contribution in [3.63, 3.8) is 0 Å². The summed E-state index contributed by atoms with van der Waals surface area (Å²) in [4.78, 5) is 12.3. The Balaban J connectivity index is 3.28. The largest absolute Gasteiger partial charge is 0.468 e. The van der Waals surface area contributed by atoms with Crippen LogP contribution in [0.4, 0.5) is 4.39 Å². The number of carbonyl (C=O) groups excluding carboxylic acids is 1. The minimum absolute atomic E-state index is 0.111. The second kappa shape index (κ2) is 7.39. The Bertz CT molecular complexity index is 446. The molecule has 0 spiro atoms. The maximum Gasteiger partial charge on any atom is 0.317 e. The molecule has 1 aromatic rings. The molecule has 0 saturated carbocycles. The lowest BCUT2D eigenvalue weighted by atomic mass is 9.72. The van der Waals surface area contributed by atoms with E-state index < -0.39 is 11.4 Å². The van der Waals surface area contributed by atoms with Crippen molar-refractivity contribution in [1.82, 2.24) is 0 Å². The molecule has 112 valence electrons. The highest BCUT2D eigenvalue weighted by molar-refractivity contribution is 5.83. The topological polar surface area (TPSA) is 52.3 Å². The van der Waals surface area contributed by atoms with Gasteiger partial charge in [0.2, 0.25) is 0 Å². The Kier molecular flexibility index (Phi) is 6.14. The molecule has 0 aliphatic rings. The number of methoxy groups -OCH3 is 1. The fourth-order valence-electron chi connectivity index (χ4n) is 2.66. The molecule has 0 fully saturated rings. The van der Waals surface area contributed by atoms with Gasteiger partial charge in [-0.2, -0.15) is 0 Å². The van der Waals surface area contributed by atoms with Crippen molar-refractivity contribution in [3.05, 3.63) is 35.6 Å². The highest BCUT2D eigenvalue weighted by Gasteiger charge is 2.41. The van der Waals surface area contributed by atoms with Crippen molar-refractivity contribution in [3.8, 4) is 0 Å². The number of rotatable bonds is 7. The summed E-state index contributed by atoms with van der Waals surface area (Å²) in [5.41, 5.74) is 5.53. The number of nitrogens with two attached hydrogens (primary N) is 1. The molecule has 1 atom stereocenters. The number of benzene rings is 1. The first kappa shape index (κ1) is 16.6. The third-order valence-electron chi connectivity index (χ3n) is 4.09. The van der Waals surface area contributed by atoms with Crippen LogP contribution in [-0.2, 0) is 14.9 Å². The zero-order chi connectivity index (χ0) is 15.2. The van der Waals surface area contributed by atoms with Crippen LogP contribution in [0.15, 0.2) is 24.3 Å². The van der Waals surface area contributed by atoms with Gasteiger partial charge in [-0.1, -0.05) is 38.8 Å². The molecular formula is C16H24FNO2. The van der Waals surface area contributed by atoms with E-state index in [1.807, 2.05) is 0 Å². The molecule has 2 N–H and O–H groups in total. The summed E-state index contributed by atoms with van der Waals surface area (Å²) in [7, 11) is 1.35. The average Bonchev–Trinajstić information content (AvgIpc) is 2.48. The minimum Gasteiger partial charge on any atom is -0.468 e. The molecule has 4 heteroatoms. The lowest BCUT2D eigenvalue weighted by molar-refractivity contribution is -0.148. The fourth-order valence-corrected chi connectivity index (χ4v) is 2.66. The number of hydrogen-bond acceptors (Lipinski definition) is 3. The second-order valence-electron chi connectivity index (χ2n) is 5.17. The monoisotopic (exact) mass is 281 g/mol. The average molecular weight is 281 g/mol. The zero-order valence-corrected chi connectivity index (χ0v) is 12.5. The van der Waals surface area contributed by atoms with E-state index in [9.17, 15) is 9.18 Å². The summed E-state index contributed by atoms with van der Waals surface area (Å²) in [5, 5.41) is 0. The van der Waals surface area contributed by atoms with Gasteiger partial charge in [-0.05, 0) is 30.0 Å². The third-order valence-corrected chi connectivity index (χ3v) is 4.09. The Morgan fingerprint density at radius 2 is 2.05 bits per heavy atom. The van der Waals surface area contributed by atoms with E-state index in [0.29, 0.717) is 17.9 Å². The molecule has 1 aromatic carbocycles. The summed E-state index contributed by atoms with van der Waals surface area (Å²) in [6.45, 7) is 4.27. The number of halogens is 1. The Morgan fingerprint density at radius 1 is 1.40 bits per heavy atom. The van der Waals surface area contributed by atoms with Crippen molar-refractivity contribution in [2.75, 3.05) is 13.7 Å². The smallest absolute Gasteiger partial charge is 0.317 e. The fraction of sp³-hybridized carbons (Fsp3) is 0.562. The van der Waals surface area contributed by atoms with E-state index in [1.54, 1.807) is 12.1 Å². The van der Waals surface area contributed by atoms with Gasteiger partial charge in [0.05, 0.1) is 7.11 Å². The van der Waals surface area contributed by atoms with Crippen LogP contribution in [0, 0.1) is 11.7 Å². The molecule has 0 aliphatic heterocycles. The summed E-state index contributed by atoms with van der Waals surface area (Å²) in [6, 6.07) is 6.09. The van der Waals surface area contributed by atoms with Crippen LogP contribution >= 0.6 is 0 Å². The number of carbonyl (C=O) groups is 1. The minimum atomic E-state index is -0.965. The summed E-state index contributed by atoms with van der Waals surface area (Å²) >= 11 is 0. The van der Waals surface area contributed by atoms with Crippen LogP contribution < -0.4 is 5.73 Å². The first-order chi connectivity index (χ1) is 9.53. The van der Waals surface area contributed by atoms with Gasteiger partial charge in [-0.15, -0.1) is 0 Å². The van der Waals surface area contributed by atoms with Crippen molar-refractivity contribution in [2.24, 2.45) is 11.7 Å². The maximum atomic E-state index is 13.5. The lowest BCUT2D eigenvalue weighted by Crippen LogP contribution is -2.45. The molecule has 0 amide bonds. The first-order valence-electron chi connectivity index (χ1n) is 7.08. The molecular weight excluding hydrogens is 257 g/mol. The number of ether oxygens (including phenoxy) is 1. The van der Waals surface area contributed by atoms with Gasteiger partial charge in [0.25, 0.3) is 0 Å². The second-order valence-corrected chi connectivity index (χ2v) is 5.17. The third kappa shape index (κ3) is 3.37. The van der Waals surface area contributed by atoms with E-state index in [-0.39, 0.29) is 12.4 Å². The van der Waals surface area contributed by atoms with Gasteiger partial charge in [0.15, 0.2) is 0 Å². The number of esters is 1. The normalized spacial score (nSPS) is 14.1. The highest BCUT2D eigenvalue weighted by atomic mass is 19.1. The summed E-state index contributed by atoms with van der Waals surface area (Å²) in [6.07, 6.45) is 2.47.